The molecule has 186 valence electrons. The van der Waals surface area contributed by atoms with Gasteiger partial charge in [-0.1, -0.05) is 19.0 Å². The minimum absolute atomic E-state index is 0.0521. The fourth-order valence-corrected chi connectivity index (χ4v) is 5.17. The summed E-state index contributed by atoms with van der Waals surface area (Å²) in [6.45, 7) is 5.52. The number of fused-ring (bicyclic) bond motifs is 1. The molecule has 0 spiro atoms. The number of primary amides is 1. The van der Waals surface area contributed by atoms with Gasteiger partial charge < -0.3 is 15.8 Å². The Morgan fingerprint density at radius 1 is 1.23 bits per heavy atom. The van der Waals surface area contributed by atoms with E-state index in [-0.39, 0.29) is 23.3 Å². The standard InChI is InChI=1S/C25H31N5O5/c1-14-23-20(11-25(2,3)12-21(23)31)30(29-14)16-6-9-18(24(26)33)19(10-16)28-15-4-7-17(8-5-15)35-22(32)13-27-34/h6,9-10,15,17,28H,4-5,7-8,11-13H2,1-3H3,(H2,26,33)/t15-,17-. The largest absolute Gasteiger partial charge is 0.461 e. The first kappa shape index (κ1) is 24.6. The molecule has 0 radical (unpaired) electrons. The third kappa shape index (κ3) is 5.26. The number of esters is 1. The molecule has 10 nitrogen and oxygen atoms in total. The Balaban J connectivity index is 1.57. The Hall–Kier alpha value is -3.56. The molecular weight excluding hydrogens is 450 g/mol. The van der Waals surface area contributed by atoms with Gasteiger partial charge in [-0.2, -0.15) is 10.0 Å². The fraction of sp³-hybridized carbons (Fsp3) is 0.520. The highest BCUT2D eigenvalue weighted by Gasteiger charge is 2.36. The van der Waals surface area contributed by atoms with E-state index in [1.807, 2.05) is 13.0 Å². The Morgan fingerprint density at radius 2 is 1.94 bits per heavy atom. The zero-order valence-corrected chi connectivity index (χ0v) is 20.3. The third-order valence-electron chi connectivity index (χ3n) is 6.76. The molecule has 2 aliphatic carbocycles. The van der Waals surface area contributed by atoms with Gasteiger partial charge in [0.05, 0.1) is 28.2 Å². The first-order chi connectivity index (χ1) is 16.6. The number of carbonyl (C=O) groups excluding carboxylic acids is 3. The summed E-state index contributed by atoms with van der Waals surface area (Å²) in [4.78, 5) is 46.7. The van der Waals surface area contributed by atoms with Crippen LogP contribution in [-0.4, -0.2) is 46.1 Å². The maximum Gasteiger partial charge on any atom is 0.331 e. The zero-order valence-electron chi connectivity index (χ0n) is 20.3. The predicted molar refractivity (Wildman–Crippen MR) is 130 cm³/mol. The van der Waals surface area contributed by atoms with E-state index in [0.29, 0.717) is 54.6 Å². The molecule has 1 heterocycles. The van der Waals surface area contributed by atoms with Crippen molar-refractivity contribution in [2.45, 2.75) is 71.4 Å². The number of nitroso groups, excluding NO2 is 1. The molecule has 3 N–H and O–H groups in total. The first-order valence-electron chi connectivity index (χ1n) is 11.9. The van der Waals surface area contributed by atoms with E-state index in [2.05, 4.69) is 29.4 Å². The van der Waals surface area contributed by atoms with E-state index in [1.165, 1.54) is 0 Å². The summed E-state index contributed by atoms with van der Waals surface area (Å²) in [6, 6.07) is 5.37. The van der Waals surface area contributed by atoms with Crippen LogP contribution < -0.4 is 11.1 Å². The molecule has 2 aromatic rings. The van der Waals surface area contributed by atoms with Gasteiger partial charge in [0.15, 0.2) is 12.3 Å². The number of benzene rings is 1. The number of nitrogens with one attached hydrogen (secondary N) is 1. The van der Waals surface area contributed by atoms with Gasteiger partial charge in [0.1, 0.15) is 6.10 Å². The Bertz CT molecular complexity index is 1180. The number of nitrogens with two attached hydrogens (primary N) is 1. The summed E-state index contributed by atoms with van der Waals surface area (Å²) in [5, 5.41) is 10.7. The van der Waals surface area contributed by atoms with E-state index in [1.54, 1.807) is 16.8 Å². The first-order valence-corrected chi connectivity index (χ1v) is 11.9. The van der Waals surface area contributed by atoms with Crippen LogP contribution in [0.4, 0.5) is 5.69 Å². The lowest BCUT2D eigenvalue weighted by Crippen LogP contribution is -2.32. The van der Waals surface area contributed by atoms with Gasteiger partial charge in [-0.3, -0.25) is 9.59 Å². The molecule has 10 heteroatoms. The summed E-state index contributed by atoms with van der Waals surface area (Å²) in [7, 11) is 0. The molecule has 1 fully saturated rings. The lowest BCUT2D eigenvalue weighted by atomic mass is 9.75. The molecule has 4 rings (SSSR count). The van der Waals surface area contributed by atoms with Crippen LogP contribution in [0.3, 0.4) is 0 Å². The lowest BCUT2D eigenvalue weighted by molar-refractivity contribution is -0.148. The smallest absolute Gasteiger partial charge is 0.331 e. The lowest BCUT2D eigenvalue weighted by Gasteiger charge is -2.30. The van der Waals surface area contributed by atoms with Crippen LogP contribution in [0.5, 0.6) is 0 Å². The van der Waals surface area contributed by atoms with Gasteiger partial charge in [0, 0.05) is 18.2 Å². The van der Waals surface area contributed by atoms with Crippen molar-refractivity contribution >= 4 is 23.3 Å². The molecule has 0 saturated heterocycles. The molecule has 2 aliphatic rings. The van der Waals surface area contributed by atoms with Crippen molar-refractivity contribution in [1.29, 1.82) is 0 Å². The van der Waals surface area contributed by atoms with Gasteiger partial charge >= 0.3 is 5.97 Å². The van der Waals surface area contributed by atoms with Crippen molar-refractivity contribution in [2.75, 3.05) is 11.9 Å². The van der Waals surface area contributed by atoms with E-state index >= 15 is 0 Å². The number of carbonyl (C=O) groups is 3. The minimum Gasteiger partial charge on any atom is -0.461 e. The second-order valence-electron chi connectivity index (χ2n) is 10.2. The fourth-order valence-electron chi connectivity index (χ4n) is 5.17. The number of aryl methyl sites for hydroxylation is 1. The second-order valence-corrected chi connectivity index (χ2v) is 10.2. The number of ether oxygens (including phenoxy) is 1. The zero-order chi connectivity index (χ0) is 25.3. The molecule has 1 aromatic heterocycles. The Morgan fingerprint density at radius 3 is 2.60 bits per heavy atom. The van der Waals surface area contributed by atoms with Crippen LogP contribution in [0.2, 0.25) is 0 Å². The molecule has 0 bridgehead atoms. The molecule has 35 heavy (non-hydrogen) atoms. The monoisotopic (exact) mass is 481 g/mol. The van der Waals surface area contributed by atoms with Crippen LogP contribution in [0.15, 0.2) is 23.4 Å². The van der Waals surface area contributed by atoms with Gasteiger partial charge in [-0.25, -0.2) is 9.48 Å². The summed E-state index contributed by atoms with van der Waals surface area (Å²) >= 11 is 0. The number of anilines is 1. The number of Topliss-reactive ketones (excluding diaryl/α,β-unsaturated/α-hetero) is 1. The van der Waals surface area contributed by atoms with E-state index in [0.717, 1.165) is 17.8 Å². The number of ketones is 1. The topological polar surface area (TPSA) is 146 Å². The van der Waals surface area contributed by atoms with Crippen molar-refractivity contribution in [3.8, 4) is 5.69 Å². The Labute approximate surface area is 203 Å². The van der Waals surface area contributed by atoms with Gasteiger partial charge in [0.25, 0.3) is 5.91 Å². The summed E-state index contributed by atoms with van der Waals surface area (Å²) < 4.78 is 7.08. The van der Waals surface area contributed by atoms with Crippen molar-refractivity contribution < 1.29 is 19.1 Å². The van der Waals surface area contributed by atoms with E-state index < -0.39 is 18.4 Å². The van der Waals surface area contributed by atoms with E-state index in [9.17, 15) is 19.3 Å². The highest BCUT2D eigenvalue weighted by Crippen LogP contribution is 2.37. The van der Waals surface area contributed by atoms with Gasteiger partial charge in [-0.05, 0) is 62.6 Å². The average Bonchev–Trinajstić information content (AvgIpc) is 3.10. The summed E-state index contributed by atoms with van der Waals surface area (Å²) in [5.74, 6) is -1.05. The number of nitrogens with zero attached hydrogens (tertiary/aromatic N) is 3. The van der Waals surface area contributed by atoms with Crippen LogP contribution in [0.25, 0.3) is 5.69 Å². The van der Waals surface area contributed by atoms with Crippen LogP contribution in [-0.2, 0) is 16.0 Å². The average molecular weight is 482 g/mol. The quantitative estimate of drug-likeness (QED) is 0.455. The molecule has 1 amide bonds. The summed E-state index contributed by atoms with van der Waals surface area (Å²) in [5.41, 5.74) is 9.47. The highest BCUT2D eigenvalue weighted by molar-refractivity contribution is 6.00. The number of amides is 1. The molecule has 0 aliphatic heterocycles. The highest BCUT2D eigenvalue weighted by atomic mass is 16.5. The molecule has 0 atom stereocenters. The number of hydrogen-bond donors (Lipinski definition) is 2. The van der Waals surface area contributed by atoms with E-state index in [4.69, 9.17) is 10.5 Å². The number of hydrogen-bond acceptors (Lipinski definition) is 8. The van der Waals surface area contributed by atoms with Crippen LogP contribution >= 0.6 is 0 Å². The molecular formula is C25H31N5O5. The maximum atomic E-state index is 12.8. The normalized spacial score (nSPS) is 21.2. The third-order valence-corrected chi connectivity index (χ3v) is 6.76. The number of rotatable bonds is 7. The number of aromatic nitrogens is 2. The molecule has 0 unspecified atom stereocenters. The molecule has 1 aromatic carbocycles. The molecule has 1 saturated carbocycles. The minimum atomic E-state index is -0.611. The maximum absolute atomic E-state index is 12.8. The van der Waals surface area contributed by atoms with Gasteiger partial charge in [0.2, 0.25) is 0 Å². The van der Waals surface area contributed by atoms with Crippen LogP contribution in [0.1, 0.15) is 78.1 Å². The SMILES string of the molecule is Cc1nn(-c2ccc(C(N)=O)c(N[C@H]3CC[C@H](OC(=O)CN=O)CC3)c2)c2c1C(=O)CC(C)(C)C2. The van der Waals surface area contributed by atoms with Crippen LogP contribution in [0, 0.1) is 17.2 Å². The summed E-state index contributed by atoms with van der Waals surface area (Å²) in [6.07, 6.45) is 3.67. The van der Waals surface area contributed by atoms with Crippen molar-refractivity contribution in [1.82, 2.24) is 9.78 Å². The van der Waals surface area contributed by atoms with Crippen molar-refractivity contribution in [3.05, 3.63) is 45.6 Å². The van der Waals surface area contributed by atoms with Gasteiger partial charge in [-0.15, -0.1) is 0 Å². The van der Waals surface area contributed by atoms with Crippen molar-refractivity contribution in [3.63, 3.8) is 0 Å². The Kier molecular flexibility index (Phi) is 6.73. The predicted octanol–water partition coefficient (Wildman–Crippen LogP) is 3.47. The second kappa shape index (κ2) is 9.59. The van der Waals surface area contributed by atoms with Crippen molar-refractivity contribution in [2.24, 2.45) is 16.3 Å².